The maximum Gasteiger partial charge on any atom is 0.123 e. The van der Waals surface area contributed by atoms with Crippen LogP contribution >= 0.6 is 0 Å². The van der Waals surface area contributed by atoms with Crippen LogP contribution in [0.2, 0.25) is 0 Å². The zero-order valence-electron chi connectivity index (χ0n) is 11.2. The second-order valence-electron chi connectivity index (χ2n) is 4.50. The van der Waals surface area contributed by atoms with E-state index in [-0.39, 0.29) is 0 Å². The van der Waals surface area contributed by atoms with Gasteiger partial charge in [-0.15, -0.1) is 0 Å². The number of benzene rings is 1. The van der Waals surface area contributed by atoms with Crippen LogP contribution in [0.4, 0.5) is 0 Å². The second-order valence-corrected chi connectivity index (χ2v) is 4.50. The van der Waals surface area contributed by atoms with Gasteiger partial charge in [0.1, 0.15) is 5.75 Å². The highest BCUT2D eigenvalue weighted by Gasteiger charge is 2.00. The van der Waals surface area contributed by atoms with Crippen molar-refractivity contribution in [1.29, 1.82) is 0 Å². The molecule has 0 fully saturated rings. The van der Waals surface area contributed by atoms with Crippen LogP contribution in [0.5, 0.6) is 5.75 Å². The molecule has 0 heterocycles. The van der Waals surface area contributed by atoms with E-state index in [9.17, 15) is 0 Å². The smallest absolute Gasteiger partial charge is 0.123 e. The van der Waals surface area contributed by atoms with Gasteiger partial charge in [0, 0.05) is 12.1 Å². The first-order valence-corrected chi connectivity index (χ1v) is 6.21. The number of ether oxygens (including phenoxy) is 1. The first-order valence-electron chi connectivity index (χ1n) is 6.21. The Bertz CT molecular complexity index is 313. The molecule has 0 aliphatic carbocycles. The lowest BCUT2D eigenvalue weighted by Crippen LogP contribution is -2.18. The number of nitrogens with zero attached hydrogens (tertiary/aromatic N) is 1. The van der Waals surface area contributed by atoms with Crippen molar-refractivity contribution in [2.45, 2.75) is 19.4 Å². The van der Waals surface area contributed by atoms with Gasteiger partial charge in [0.05, 0.1) is 7.11 Å². The van der Waals surface area contributed by atoms with Crippen LogP contribution in [0.3, 0.4) is 0 Å². The monoisotopic (exact) mass is 236 g/mol. The molecular weight excluding hydrogens is 212 g/mol. The molecule has 1 rings (SSSR count). The molecule has 17 heavy (non-hydrogen) atoms. The molecule has 0 radical (unpaired) electrons. The van der Waals surface area contributed by atoms with Crippen LogP contribution in [0.25, 0.3) is 0 Å². The number of hydrogen-bond donors (Lipinski definition) is 1. The third-order valence-corrected chi connectivity index (χ3v) is 2.72. The highest BCUT2D eigenvalue weighted by molar-refractivity contribution is 5.32. The molecule has 3 heteroatoms. The number of para-hydroxylation sites is 1. The lowest BCUT2D eigenvalue weighted by molar-refractivity contribution is 0.390. The maximum atomic E-state index is 5.31. The Kier molecular flexibility index (Phi) is 6.67. The van der Waals surface area contributed by atoms with Crippen LogP contribution in [0, 0.1) is 0 Å². The molecule has 1 aromatic rings. The normalized spacial score (nSPS) is 10.8. The van der Waals surface area contributed by atoms with E-state index in [0.29, 0.717) is 0 Å². The minimum atomic E-state index is 0.881. The fraction of sp³-hybridized carbons (Fsp3) is 0.571. The predicted octanol–water partition coefficient (Wildman–Crippen LogP) is 2.13. The zero-order valence-corrected chi connectivity index (χ0v) is 11.2. The maximum absolute atomic E-state index is 5.31. The SMILES string of the molecule is COc1ccccc1CNCCCCN(C)C. The first-order chi connectivity index (χ1) is 8.24. The predicted molar refractivity (Wildman–Crippen MR) is 72.5 cm³/mol. The van der Waals surface area contributed by atoms with Crippen molar-refractivity contribution in [3.63, 3.8) is 0 Å². The summed E-state index contributed by atoms with van der Waals surface area (Å²) < 4.78 is 5.31. The molecular formula is C14H24N2O. The quantitative estimate of drug-likeness (QED) is 0.700. The molecule has 0 spiro atoms. The van der Waals surface area contributed by atoms with Crippen LogP contribution in [0.1, 0.15) is 18.4 Å². The van der Waals surface area contributed by atoms with Gasteiger partial charge in [0.25, 0.3) is 0 Å². The number of hydrogen-bond acceptors (Lipinski definition) is 3. The van der Waals surface area contributed by atoms with Gasteiger partial charge in [-0.1, -0.05) is 18.2 Å². The molecule has 0 atom stereocenters. The molecule has 1 aromatic carbocycles. The molecule has 0 aliphatic rings. The van der Waals surface area contributed by atoms with E-state index < -0.39 is 0 Å². The van der Waals surface area contributed by atoms with E-state index in [1.807, 2.05) is 18.2 Å². The van der Waals surface area contributed by atoms with Crippen molar-refractivity contribution in [3.8, 4) is 5.75 Å². The average Bonchev–Trinajstić information content (AvgIpc) is 2.33. The van der Waals surface area contributed by atoms with Crippen molar-refractivity contribution in [2.75, 3.05) is 34.3 Å². The summed E-state index contributed by atoms with van der Waals surface area (Å²) in [7, 11) is 5.94. The van der Waals surface area contributed by atoms with Gasteiger partial charge in [-0.3, -0.25) is 0 Å². The van der Waals surface area contributed by atoms with E-state index in [0.717, 1.165) is 25.4 Å². The Labute approximate surface area is 105 Å². The Morgan fingerprint density at radius 3 is 2.65 bits per heavy atom. The molecule has 0 aliphatic heterocycles. The molecule has 3 nitrogen and oxygen atoms in total. The fourth-order valence-electron chi connectivity index (χ4n) is 1.75. The highest BCUT2D eigenvalue weighted by Crippen LogP contribution is 2.16. The lowest BCUT2D eigenvalue weighted by Gasteiger charge is -2.11. The Hall–Kier alpha value is -1.06. The Morgan fingerprint density at radius 1 is 1.18 bits per heavy atom. The van der Waals surface area contributed by atoms with E-state index in [4.69, 9.17) is 4.74 Å². The third kappa shape index (κ3) is 5.71. The van der Waals surface area contributed by atoms with Crippen LogP contribution in [-0.4, -0.2) is 39.2 Å². The van der Waals surface area contributed by atoms with Crippen molar-refractivity contribution >= 4 is 0 Å². The highest BCUT2D eigenvalue weighted by atomic mass is 16.5. The van der Waals surface area contributed by atoms with Crippen molar-refractivity contribution < 1.29 is 4.74 Å². The minimum Gasteiger partial charge on any atom is -0.496 e. The van der Waals surface area contributed by atoms with Gasteiger partial charge in [-0.05, 0) is 46.1 Å². The molecule has 0 saturated heterocycles. The van der Waals surface area contributed by atoms with Crippen LogP contribution in [-0.2, 0) is 6.54 Å². The molecule has 0 aromatic heterocycles. The first kappa shape index (κ1) is 14.0. The lowest BCUT2D eigenvalue weighted by atomic mass is 10.2. The summed E-state index contributed by atoms with van der Waals surface area (Å²) in [6.07, 6.45) is 2.46. The Morgan fingerprint density at radius 2 is 1.94 bits per heavy atom. The number of methoxy groups -OCH3 is 1. The summed E-state index contributed by atoms with van der Waals surface area (Å²) >= 11 is 0. The molecule has 0 unspecified atom stereocenters. The number of unbranched alkanes of at least 4 members (excludes halogenated alkanes) is 1. The number of rotatable bonds is 8. The molecule has 0 amide bonds. The molecule has 1 N–H and O–H groups in total. The van der Waals surface area contributed by atoms with Gasteiger partial charge in [0.15, 0.2) is 0 Å². The molecule has 0 bridgehead atoms. The van der Waals surface area contributed by atoms with E-state index >= 15 is 0 Å². The molecule has 96 valence electrons. The van der Waals surface area contributed by atoms with Gasteiger partial charge in [-0.2, -0.15) is 0 Å². The Balaban J connectivity index is 2.17. The second kappa shape index (κ2) is 8.09. The van der Waals surface area contributed by atoms with Crippen LogP contribution < -0.4 is 10.1 Å². The van der Waals surface area contributed by atoms with Gasteiger partial charge < -0.3 is 15.0 Å². The van der Waals surface area contributed by atoms with E-state index in [2.05, 4.69) is 30.4 Å². The summed E-state index contributed by atoms with van der Waals surface area (Å²) in [5.74, 6) is 0.966. The van der Waals surface area contributed by atoms with Crippen molar-refractivity contribution in [2.24, 2.45) is 0 Å². The summed E-state index contributed by atoms with van der Waals surface area (Å²) in [4.78, 5) is 2.22. The molecule has 0 saturated carbocycles. The fourth-order valence-corrected chi connectivity index (χ4v) is 1.75. The summed E-state index contributed by atoms with van der Waals surface area (Å²) in [6.45, 7) is 3.11. The summed E-state index contributed by atoms with van der Waals surface area (Å²) in [5.41, 5.74) is 1.22. The summed E-state index contributed by atoms with van der Waals surface area (Å²) in [5, 5.41) is 3.45. The van der Waals surface area contributed by atoms with Gasteiger partial charge in [-0.25, -0.2) is 0 Å². The standard InChI is InChI=1S/C14H24N2O/c1-16(2)11-7-6-10-15-12-13-8-4-5-9-14(13)17-3/h4-5,8-9,15H,6-7,10-12H2,1-3H3. The number of nitrogens with one attached hydrogen (secondary N) is 1. The van der Waals surface area contributed by atoms with Gasteiger partial charge >= 0.3 is 0 Å². The third-order valence-electron chi connectivity index (χ3n) is 2.72. The summed E-state index contributed by atoms with van der Waals surface area (Å²) in [6, 6.07) is 8.15. The van der Waals surface area contributed by atoms with E-state index in [1.165, 1.54) is 18.4 Å². The van der Waals surface area contributed by atoms with Gasteiger partial charge in [0.2, 0.25) is 0 Å². The minimum absolute atomic E-state index is 0.881. The average molecular weight is 236 g/mol. The largest absolute Gasteiger partial charge is 0.496 e. The zero-order chi connectivity index (χ0) is 12.5. The van der Waals surface area contributed by atoms with E-state index in [1.54, 1.807) is 7.11 Å². The van der Waals surface area contributed by atoms with Crippen LogP contribution in [0.15, 0.2) is 24.3 Å². The van der Waals surface area contributed by atoms with Crippen molar-refractivity contribution in [1.82, 2.24) is 10.2 Å². The van der Waals surface area contributed by atoms with Crippen molar-refractivity contribution in [3.05, 3.63) is 29.8 Å². The topological polar surface area (TPSA) is 24.5 Å².